The van der Waals surface area contributed by atoms with Crippen molar-refractivity contribution in [2.75, 3.05) is 5.32 Å². The molecule has 1 N–H and O–H groups in total. The fourth-order valence-corrected chi connectivity index (χ4v) is 3.24. The van der Waals surface area contributed by atoms with Gasteiger partial charge in [0.2, 0.25) is 5.91 Å². The van der Waals surface area contributed by atoms with Crippen LogP contribution in [0.1, 0.15) is 17.0 Å². The third-order valence-electron chi connectivity index (χ3n) is 3.44. The Morgan fingerprint density at radius 1 is 1.43 bits per heavy atom. The first-order chi connectivity index (χ1) is 10.9. The third kappa shape index (κ3) is 3.07. The summed E-state index contributed by atoms with van der Waals surface area (Å²) in [5.74, 6) is -0.228. The predicted molar refractivity (Wildman–Crippen MR) is 88.0 cm³/mol. The summed E-state index contributed by atoms with van der Waals surface area (Å²) < 4.78 is 1.89. The number of rotatable bonds is 4. The first kappa shape index (κ1) is 15.2. The largest absolute Gasteiger partial charge is 0.326 e. The van der Waals surface area contributed by atoms with E-state index in [1.54, 1.807) is 19.1 Å². The average Bonchev–Trinajstić information content (AvgIpc) is 3.01. The Labute approximate surface area is 135 Å². The standard InChI is InChI=1S/C15H14N4O3S/c1-9-3-4-11(5-13(9)19(21)22)17-14(20)6-12-8-23-15-16-10(2)7-18(12)15/h3-5,7-8H,6H2,1-2H3,(H,17,20). The summed E-state index contributed by atoms with van der Waals surface area (Å²) in [5.41, 5.74) is 2.70. The molecule has 8 heteroatoms. The van der Waals surface area contributed by atoms with E-state index in [1.807, 2.05) is 22.9 Å². The molecule has 1 aromatic carbocycles. The van der Waals surface area contributed by atoms with Crippen LogP contribution in [0.3, 0.4) is 0 Å². The summed E-state index contributed by atoms with van der Waals surface area (Å²) in [6.07, 6.45) is 2.06. The van der Waals surface area contributed by atoms with E-state index < -0.39 is 4.92 Å². The lowest BCUT2D eigenvalue weighted by atomic mass is 10.2. The van der Waals surface area contributed by atoms with Crippen LogP contribution in [0.5, 0.6) is 0 Å². The zero-order chi connectivity index (χ0) is 16.6. The zero-order valence-corrected chi connectivity index (χ0v) is 13.4. The van der Waals surface area contributed by atoms with Gasteiger partial charge in [-0.05, 0) is 19.9 Å². The molecule has 3 aromatic rings. The van der Waals surface area contributed by atoms with Gasteiger partial charge in [-0.2, -0.15) is 0 Å². The number of fused-ring (bicyclic) bond motifs is 1. The lowest BCUT2D eigenvalue weighted by Gasteiger charge is -2.06. The number of carbonyl (C=O) groups is 1. The van der Waals surface area contributed by atoms with Crippen LogP contribution in [0.25, 0.3) is 4.96 Å². The van der Waals surface area contributed by atoms with Gasteiger partial charge >= 0.3 is 0 Å². The molecule has 0 spiro atoms. The molecular weight excluding hydrogens is 316 g/mol. The first-order valence-corrected chi connectivity index (χ1v) is 7.79. The van der Waals surface area contributed by atoms with Crippen LogP contribution >= 0.6 is 11.3 Å². The smallest absolute Gasteiger partial charge is 0.274 e. The van der Waals surface area contributed by atoms with Crippen molar-refractivity contribution in [2.24, 2.45) is 0 Å². The van der Waals surface area contributed by atoms with E-state index in [1.165, 1.54) is 17.4 Å². The molecule has 0 fully saturated rings. The Balaban J connectivity index is 1.77. The van der Waals surface area contributed by atoms with E-state index in [2.05, 4.69) is 10.3 Å². The van der Waals surface area contributed by atoms with Crippen molar-refractivity contribution in [2.45, 2.75) is 20.3 Å². The normalized spacial score (nSPS) is 10.9. The highest BCUT2D eigenvalue weighted by Gasteiger charge is 2.14. The summed E-state index contributed by atoms with van der Waals surface area (Å²) in [6.45, 7) is 3.56. The number of nitro groups is 1. The molecule has 2 heterocycles. The number of benzene rings is 1. The second-order valence-corrected chi connectivity index (χ2v) is 6.08. The van der Waals surface area contributed by atoms with Crippen LogP contribution in [0.4, 0.5) is 11.4 Å². The van der Waals surface area contributed by atoms with Gasteiger partial charge in [0.15, 0.2) is 4.96 Å². The lowest BCUT2D eigenvalue weighted by molar-refractivity contribution is -0.385. The van der Waals surface area contributed by atoms with E-state index >= 15 is 0 Å². The molecule has 23 heavy (non-hydrogen) atoms. The van der Waals surface area contributed by atoms with Gasteiger partial charge in [0, 0.05) is 34.6 Å². The number of amides is 1. The number of anilines is 1. The van der Waals surface area contributed by atoms with E-state index in [0.717, 1.165) is 16.3 Å². The Bertz CT molecular complexity index is 913. The average molecular weight is 330 g/mol. The fraction of sp³-hybridized carbons (Fsp3) is 0.200. The van der Waals surface area contributed by atoms with Crippen LogP contribution in [0.2, 0.25) is 0 Å². The topological polar surface area (TPSA) is 89.5 Å². The molecular formula is C15H14N4O3S. The number of carbonyl (C=O) groups excluding carboxylic acids is 1. The molecule has 0 atom stereocenters. The molecule has 0 saturated carbocycles. The SMILES string of the molecule is Cc1cn2c(CC(=O)Nc3ccc(C)c([N+](=O)[O-])c3)csc2n1. The van der Waals surface area contributed by atoms with Crippen molar-refractivity contribution in [1.29, 1.82) is 0 Å². The molecule has 0 bridgehead atoms. The number of thiazole rings is 1. The number of hydrogen-bond acceptors (Lipinski definition) is 5. The Morgan fingerprint density at radius 2 is 2.22 bits per heavy atom. The van der Waals surface area contributed by atoms with Crippen LogP contribution in [0, 0.1) is 24.0 Å². The van der Waals surface area contributed by atoms with Crippen LogP contribution in [-0.4, -0.2) is 20.2 Å². The van der Waals surface area contributed by atoms with Crippen molar-refractivity contribution in [1.82, 2.24) is 9.38 Å². The third-order valence-corrected chi connectivity index (χ3v) is 4.32. The minimum absolute atomic E-state index is 0.00837. The lowest BCUT2D eigenvalue weighted by Crippen LogP contribution is -2.15. The van der Waals surface area contributed by atoms with Crippen LogP contribution in [-0.2, 0) is 11.2 Å². The molecule has 0 unspecified atom stereocenters. The highest BCUT2D eigenvalue weighted by Crippen LogP contribution is 2.23. The first-order valence-electron chi connectivity index (χ1n) is 6.91. The van der Waals surface area contributed by atoms with E-state index in [9.17, 15) is 14.9 Å². The van der Waals surface area contributed by atoms with Gasteiger partial charge in [-0.25, -0.2) is 4.98 Å². The summed E-state index contributed by atoms with van der Waals surface area (Å²) in [7, 11) is 0. The second-order valence-electron chi connectivity index (χ2n) is 5.25. The predicted octanol–water partition coefficient (Wildman–Crippen LogP) is 3.10. The Kier molecular flexibility index (Phi) is 3.83. The van der Waals surface area contributed by atoms with E-state index in [4.69, 9.17) is 0 Å². The van der Waals surface area contributed by atoms with Gasteiger partial charge in [-0.1, -0.05) is 6.07 Å². The molecule has 0 aliphatic heterocycles. The van der Waals surface area contributed by atoms with Gasteiger partial charge in [-0.15, -0.1) is 11.3 Å². The van der Waals surface area contributed by atoms with Crippen LogP contribution in [0.15, 0.2) is 29.8 Å². The molecule has 1 amide bonds. The molecule has 0 aliphatic rings. The summed E-state index contributed by atoms with van der Waals surface area (Å²) >= 11 is 1.47. The van der Waals surface area contributed by atoms with E-state index in [-0.39, 0.29) is 18.0 Å². The molecule has 118 valence electrons. The van der Waals surface area contributed by atoms with Crippen molar-refractivity contribution in [3.8, 4) is 0 Å². The van der Waals surface area contributed by atoms with Crippen LogP contribution < -0.4 is 5.32 Å². The minimum atomic E-state index is -0.457. The van der Waals surface area contributed by atoms with Gasteiger partial charge in [0.05, 0.1) is 17.0 Å². The van der Waals surface area contributed by atoms with Crippen molar-refractivity contribution in [3.63, 3.8) is 0 Å². The molecule has 0 radical (unpaired) electrons. The highest BCUT2D eigenvalue weighted by molar-refractivity contribution is 7.15. The quantitative estimate of drug-likeness (QED) is 0.588. The number of nitro benzene ring substituents is 1. The number of aromatic nitrogens is 2. The number of aryl methyl sites for hydroxylation is 2. The number of imidazole rings is 1. The van der Waals surface area contributed by atoms with Crippen molar-refractivity contribution >= 4 is 33.6 Å². The maximum absolute atomic E-state index is 12.2. The molecule has 2 aromatic heterocycles. The summed E-state index contributed by atoms with van der Waals surface area (Å²) in [5, 5.41) is 15.5. The van der Waals surface area contributed by atoms with Crippen molar-refractivity contribution < 1.29 is 9.72 Å². The van der Waals surface area contributed by atoms with E-state index in [0.29, 0.717) is 11.3 Å². The molecule has 0 aliphatic carbocycles. The highest BCUT2D eigenvalue weighted by atomic mass is 32.1. The number of hydrogen-bond donors (Lipinski definition) is 1. The van der Waals surface area contributed by atoms with Gasteiger partial charge in [0.25, 0.3) is 5.69 Å². The van der Waals surface area contributed by atoms with Gasteiger partial charge < -0.3 is 5.32 Å². The molecule has 7 nitrogen and oxygen atoms in total. The second kappa shape index (κ2) is 5.81. The van der Waals surface area contributed by atoms with Gasteiger partial charge in [-0.3, -0.25) is 19.3 Å². The fourth-order valence-electron chi connectivity index (χ4n) is 2.32. The Hall–Kier alpha value is -2.74. The molecule has 0 saturated heterocycles. The monoisotopic (exact) mass is 330 g/mol. The van der Waals surface area contributed by atoms with Gasteiger partial charge in [0.1, 0.15) is 0 Å². The number of nitrogens with zero attached hydrogens (tertiary/aromatic N) is 3. The maximum atomic E-state index is 12.2. The number of nitrogens with one attached hydrogen (secondary N) is 1. The van der Waals surface area contributed by atoms with Crippen molar-refractivity contribution in [3.05, 3.63) is 56.8 Å². The maximum Gasteiger partial charge on any atom is 0.274 e. The Morgan fingerprint density at radius 3 is 2.96 bits per heavy atom. The minimum Gasteiger partial charge on any atom is -0.326 e. The summed E-state index contributed by atoms with van der Waals surface area (Å²) in [6, 6.07) is 4.65. The molecule has 3 rings (SSSR count). The summed E-state index contributed by atoms with van der Waals surface area (Å²) in [4.78, 5) is 27.9. The zero-order valence-electron chi connectivity index (χ0n) is 12.6.